The average molecular weight is 433 g/mol. The summed E-state index contributed by atoms with van der Waals surface area (Å²) in [5.74, 6) is 1.55. The van der Waals surface area contributed by atoms with Crippen LogP contribution < -0.4 is 10.2 Å². The Morgan fingerprint density at radius 2 is 2.19 bits per heavy atom. The Morgan fingerprint density at radius 1 is 1.31 bits per heavy atom. The topological polar surface area (TPSA) is 121 Å². The van der Waals surface area contributed by atoms with Crippen molar-refractivity contribution in [1.29, 1.82) is 0 Å². The largest absolute Gasteiger partial charge is 0.394 e. The van der Waals surface area contributed by atoms with Crippen molar-refractivity contribution in [2.24, 2.45) is 7.05 Å². The lowest BCUT2D eigenvalue weighted by molar-refractivity contribution is 0.00336. The lowest BCUT2D eigenvalue weighted by Crippen LogP contribution is -2.44. The van der Waals surface area contributed by atoms with Crippen molar-refractivity contribution in [2.45, 2.75) is 6.10 Å². The Morgan fingerprint density at radius 3 is 2.97 bits per heavy atom. The van der Waals surface area contributed by atoms with Crippen LogP contribution >= 0.6 is 0 Å². The van der Waals surface area contributed by atoms with E-state index in [9.17, 15) is 9.90 Å². The van der Waals surface area contributed by atoms with Crippen molar-refractivity contribution in [3.05, 3.63) is 54.2 Å². The van der Waals surface area contributed by atoms with Crippen molar-refractivity contribution in [1.82, 2.24) is 24.7 Å². The normalized spacial score (nSPS) is 16.4. The number of aryl methyl sites for hydroxylation is 1. The number of aromatic amines is 1. The third-order valence-electron chi connectivity index (χ3n) is 5.43. The molecule has 4 aromatic rings. The molecule has 5 rings (SSSR count). The molecule has 0 bridgehead atoms. The minimum Gasteiger partial charge on any atom is -0.394 e. The summed E-state index contributed by atoms with van der Waals surface area (Å²) in [5.41, 5.74) is 2.99. The summed E-state index contributed by atoms with van der Waals surface area (Å²) in [6.07, 6.45) is 1.32. The summed E-state index contributed by atoms with van der Waals surface area (Å²) in [4.78, 5) is 27.0. The summed E-state index contributed by atoms with van der Waals surface area (Å²) in [6.45, 7) is 1.75. The molecule has 0 aliphatic carbocycles. The zero-order chi connectivity index (χ0) is 22.1. The molecule has 10 nitrogen and oxygen atoms in total. The van der Waals surface area contributed by atoms with Gasteiger partial charge in [-0.3, -0.25) is 9.48 Å². The van der Waals surface area contributed by atoms with E-state index in [4.69, 9.17) is 4.74 Å². The number of aliphatic hydroxyl groups is 1. The van der Waals surface area contributed by atoms with Crippen LogP contribution in [0, 0.1) is 0 Å². The number of ether oxygens (including phenoxy) is 1. The minimum atomic E-state index is -0.298. The number of fused-ring (bicyclic) bond motifs is 1. The number of nitrogens with zero attached hydrogens (tertiary/aromatic N) is 5. The SMILES string of the molecule is Cn1nc(NC(=O)c2ccc(N3CCO[C@H](CO)C3)nc2)cc1-c1nc2ccccc2[nH]1. The van der Waals surface area contributed by atoms with Crippen molar-refractivity contribution in [3.63, 3.8) is 0 Å². The fraction of sp³-hybridized carbons (Fsp3) is 0.273. The maximum Gasteiger partial charge on any atom is 0.258 e. The first-order valence-electron chi connectivity index (χ1n) is 10.3. The highest BCUT2D eigenvalue weighted by atomic mass is 16.5. The molecular formula is C22H23N7O3. The summed E-state index contributed by atoms with van der Waals surface area (Å²) in [7, 11) is 1.80. The summed E-state index contributed by atoms with van der Waals surface area (Å²) in [5, 5.41) is 16.5. The fourth-order valence-electron chi connectivity index (χ4n) is 3.76. The molecule has 1 fully saturated rings. The zero-order valence-corrected chi connectivity index (χ0v) is 17.5. The molecule has 1 aliphatic rings. The van der Waals surface area contributed by atoms with E-state index in [1.165, 1.54) is 6.20 Å². The van der Waals surface area contributed by atoms with E-state index in [0.29, 0.717) is 36.9 Å². The van der Waals surface area contributed by atoms with Gasteiger partial charge in [0.15, 0.2) is 11.6 Å². The van der Waals surface area contributed by atoms with Crippen LogP contribution in [-0.4, -0.2) is 68.2 Å². The van der Waals surface area contributed by atoms with E-state index < -0.39 is 0 Å². The van der Waals surface area contributed by atoms with E-state index in [0.717, 1.165) is 22.5 Å². The van der Waals surface area contributed by atoms with Crippen LogP contribution in [0.15, 0.2) is 48.7 Å². The number of anilines is 2. The first-order valence-corrected chi connectivity index (χ1v) is 10.3. The maximum absolute atomic E-state index is 12.7. The lowest BCUT2D eigenvalue weighted by Gasteiger charge is -2.32. The summed E-state index contributed by atoms with van der Waals surface area (Å²) in [6, 6.07) is 13.1. The quantitative estimate of drug-likeness (QED) is 0.439. The molecule has 0 spiro atoms. The van der Waals surface area contributed by atoms with Gasteiger partial charge in [0.2, 0.25) is 0 Å². The third kappa shape index (κ3) is 3.93. The smallest absolute Gasteiger partial charge is 0.258 e. The molecule has 1 amide bonds. The zero-order valence-electron chi connectivity index (χ0n) is 17.5. The second kappa shape index (κ2) is 8.40. The number of benzene rings is 1. The van der Waals surface area contributed by atoms with E-state index in [1.54, 1.807) is 29.9 Å². The molecule has 0 radical (unpaired) electrons. The van der Waals surface area contributed by atoms with E-state index >= 15 is 0 Å². The number of H-pyrrole nitrogens is 1. The van der Waals surface area contributed by atoms with E-state index in [2.05, 4.69) is 25.4 Å². The molecule has 3 aromatic heterocycles. The van der Waals surface area contributed by atoms with Crippen molar-refractivity contribution >= 4 is 28.6 Å². The van der Waals surface area contributed by atoms with Gasteiger partial charge in [0, 0.05) is 32.4 Å². The molecule has 3 N–H and O–H groups in total. The number of morpholine rings is 1. The van der Waals surface area contributed by atoms with Gasteiger partial charge in [-0.2, -0.15) is 5.10 Å². The van der Waals surface area contributed by atoms with Crippen LogP contribution in [0.3, 0.4) is 0 Å². The number of carbonyl (C=O) groups is 1. The average Bonchev–Trinajstić information content (AvgIpc) is 3.42. The van der Waals surface area contributed by atoms with Gasteiger partial charge in [-0.25, -0.2) is 9.97 Å². The number of aliphatic hydroxyl groups excluding tert-OH is 1. The second-order valence-electron chi connectivity index (χ2n) is 7.62. The highest BCUT2D eigenvalue weighted by Gasteiger charge is 2.21. The van der Waals surface area contributed by atoms with E-state index in [1.807, 2.05) is 29.2 Å². The Bertz CT molecular complexity index is 1220. The number of amides is 1. The third-order valence-corrected chi connectivity index (χ3v) is 5.43. The number of hydrogen-bond acceptors (Lipinski definition) is 7. The Kier molecular flexibility index (Phi) is 5.29. The predicted octanol–water partition coefficient (Wildman–Crippen LogP) is 1.81. The number of aromatic nitrogens is 5. The Labute approximate surface area is 183 Å². The van der Waals surface area contributed by atoms with Crippen LogP contribution in [-0.2, 0) is 11.8 Å². The van der Waals surface area contributed by atoms with Gasteiger partial charge in [0.1, 0.15) is 11.5 Å². The Hall–Kier alpha value is -3.76. The maximum atomic E-state index is 12.7. The van der Waals surface area contributed by atoms with Crippen LogP contribution in [0.4, 0.5) is 11.6 Å². The fourth-order valence-corrected chi connectivity index (χ4v) is 3.76. The number of carbonyl (C=O) groups excluding carboxylic acids is 1. The molecule has 0 unspecified atom stereocenters. The number of rotatable bonds is 5. The lowest BCUT2D eigenvalue weighted by atomic mass is 10.2. The van der Waals surface area contributed by atoms with Gasteiger partial charge in [0.25, 0.3) is 5.91 Å². The van der Waals surface area contributed by atoms with Gasteiger partial charge in [0.05, 0.1) is 35.9 Å². The van der Waals surface area contributed by atoms with Crippen LogP contribution in [0.2, 0.25) is 0 Å². The van der Waals surface area contributed by atoms with Crippen LogP contribution in [0.5, 0.6) is 0 Å². The summed E-state index contributed by atoms with van der Waals surface area (Å²) < 4.78 is 7.14. The number of nitrogens with one attached hydrogen (secondary N) is 2. The molecule has 10 heteroatoms. The van der Waals surface area contributed by atoms with Gasteiger partial charge in [-0.1, -0.05) is 12.1 Å². The molecule has 1 atom stereocenters. The van der Waals surface area contributed by atoms with Gasteiger partial charge in [-0.05, 0) is 24.3 Å². The van der Waals surface area contributed by atoms with Gasteiger partial charge < -0.3 is 25.0 Å². The number of imidazole rings is 1. The standard InChI is InChI=1S/C22H23N7O3/c1-28-18(21-24-16-4-2-3-5-17(16)25-21)10-19(27-28)26-22(31)14-6-7-20(23-11-14)29-8-9-32-15(12-29)13-30/h2-7,10-11,15,30H,8-9,12-13H2,1H3,(H,24,25)(H,26,27,31)/t15-/m0/s1. The van der Waals surface area contributed by atoms with E-state index in [-0.39, 0.29) is 18.6 Å². The first kappa shape index (κ1) is 20.2. The number of pyridine rings is 1. The summed E-state index contributed by atoms with van der Waals surface area (Å²) >= 11 is 0. The van der Waals surface area contributed by atoms with Crippen molar-refractivity contribution < 1.29 is 14.6 Å². The Balaban J connectivity index is 1.29. The molecule has 0 saturated carbocycles. The monoisotopic (exact) mass is 433 g/mol. The number of hydrogen-bond donors (Lipinski definition) is 3. The number of para-hydroxylation sites is 2. The molecule has 1 aliphatic heterocycles. The van der Waals surface area contributed by atoms with Crippen LogP contribution in [0.1, 0.15) is 10.4 Å². The molecule has 1 saturated heterocycles. The minimum absolute atomic E-state index is 0.0307. The molecular weight excluding hydrogens is 410 g/mol. The molecule has 4 heterocycles. The highest BCUT2D eigenvalue weighted by Crippen LogP contribution is 2.23. The predicted molar refractivity (Wildman–Crippen MR) is 120 cm³/mol. The molecule has 32 heavy (non-hydrogen) atoms. The van der Waals surface area contributed by atoms with Crippen molar-refractivity contribution in [3.8, 4) is 11.5 Å². The highest BCUT2D eigenvalue weighted by molar-refractivity contribution is 6.03. The molecule has 1 aromatic carbocycles. The molecule has 164 valence electrons. The van der Waals surface area contributed by atoms with Gasteiger partial charge >= 0.3 is 0 Å². The van der Waals surface area contributed by atoms with Crippen molar-refractivity contribution in [2.75, 3.05) is 36.5 Å². The second-order valence-corrected chi connectivity index (χ2v) is 7.62. The van der Waals surface area contributed by atoms with Crippen LogP contribution in [0.25, 0.3) is 22.6 Å². The van der Waals surface area contributed by atoms with Gasteiger partial charge in [-0.15, -0.1) is 0 Å². The first-order chi connectivity index (χ1) is 15.6.